The van der Waals surface area contributed by atoms with Gasteiger partial charge in [-0.05, 0) is 29.7 Å². The Labute approximate surface area is 80.6 Å². The van der Waals surface area contributed by atoms with Crippen molar-refractivity contribution in [3.8, 4) is 0 Å². The van der Waals surface area contributed by atoms with Crippen molar-refractivity contribution in [3.63, 3.8) is 0 Å². The Morgan fingerprint density at radius 3 is 3.07 bits per heavy atom. The molecule has 4 heteroatoms. The highest BCUT2D eigenvalue weighted by molar-refractivity contribution is 5.76. The number of hydrogen-bond donors (Lipinski definition) is 2. The summed E-state index contributed by atoms with van der Waals surface area (Å²) in [6.45, 7) is 0.577. The van der Waals surface area contributed by atoms with Crippen LogP contribution in [0, 0.1) is 5.82 Å². The lowest BCUT2D eigenvalue weighted by atomic mass is 9.94. The van der Waals surface area contributed by atoms with Gasteiger partial charge in [-0.3, -0.25) is 4.79 Å². The average Bonchev–Trinajstić information content (AvgIpc) is 2.16. The third-order valence-electron chi connectivity index (χ3n) is 2.41. The van der Waals surface area contributed by atoms with Crippen LogP contribution in [0.5, 0.6) is 0 Å². The number of halogens is 1. The molecule has 1 aromatic carbocycles. The molecule has 1 heterocycles. The average molecular weight is 195 g/mol. The fraction of sp³-hybridized carbons (Fsp3) is 0.300. The Hall–Kier alpha value is -1.42. The normalized spacial score (nSPS) is 20.2. The molecule has 0 fully saturated rings. The van der Waals surface area contributed by atoms with Gasteiger partial charge in [0.2, 0.25) is 0 Å². The van der Waals surface area contributed by atoms with Crippen molar-refractivity contribution in [2.75, 3.05) is 6.54 Å². The second-order valence-electron chi connectivity index (χ2n) is 3.32. The summed E-state index contributed by atoms with van der Waals surface area (Å²) in [5.74, 6) is -1.23. The number of aliphatic carboxylic acids is 1. The Kier molecular flexibility index (Phi) is 2.21. The quantitative estimate of drug-likeness (QED) is 0.705. The first-order valence-electron chi connectivity index (χ1n) is 4.43. The highest BCUT2D eigenvalue weighted by atomic mass is 19.1. The van der Waals surface area contributed by atoms with Crippen LogP contribution >= 0.6 is 0 Å². The predicted molar refractivity (Wildman–Crippen MR) is 48.5 cm³/mol. The Balaban J connectivity index is 2.44. The minimum Gasteiger partial charge on any atom is -0.480 e. The maximum Gasteiger partial charge on any atom is 0.325 e. The molecule has 0 bridgehead atoms. The predicted octanol–water partition coefficient (Wildman–Crippen LogP) is 1.10. The lowest BCUT2D eigenvalue weighted by molar-refractivity contribution is -0.139. The molecule has 0 spiro atoms. The fourth-order valence-corrected chi connectivity index (χ4v) is 1.75. The zero-order chi connectivity index (χ0) is 10.1. The summed E-state index contributed by atoms with van der Waals surface area (Å²) in [6.07, 6.45) is 0.677. The van der Waals surface area contributed by atoms with E-state index in [1.807, 2.05) is 0 Å². The van der Waals surface area contributed by atoms with Crippen molar-refractivity contribution in [2.45, 2.75) is 12.5 Å². The van der Waals surface area contributed by atoms with Crippen molar-refractivity contribution in [2.24, 2.45) is 0 Å². The van der Waals surface area contributed by atoms with E-state index in [0.717, 1.165) is 5.56 Å². The molecule has 0 unspecified atom stereocenters. The molecule has 1 aliphatic rings. The number of nitrogens with one attached hydrogen (secondary N) is 1. The van der Waals surface area contributed by atoms with E-state index in [2.05, 4.69) is 5.32 Å². The third-order valence-corrected chi connectivity index (χ3v) is 2.41. The van der Waals surface area contributed by atoms with E-state index in [1.165, 1.54) is 18.2 Å². The van der Waals surface area contributed by atoms with Gasteiger partial charge in [0.25, 0.3) is 0 Å². The molecule has 0 aromatic heterocycles. The number of rotatable bonds is 1. The van der Waals surface area contributed by atoms with Gasteiger partial charge in [0.15, 0.2) is 0 Å². The van der Waals surface area contributed by atoms with Crippen LogP contribution in [0.1, 0.15) is 17.2 Å². The van der Waals surface area contributed by atoms with Crippen LogP contribution in [-0.2, 0) is 11.2 Å². The van der Waals surface area contributed by atoms with Crippen molar-refractivity contribution in [1.29, 1.82) is 0 Å². The molecule has 0 saturated carbocycles. The zero-order valence-corrected chi connectivity index (χ0v) is 7.46. The molecular formula is C10H10FNO2. The summed E-state index contributed by atoms with van der Waals surface area (Å²) in [6, 6.07) is 3.54. The second-order valence-corrected chi connectivity index (χ2v) is 3.32. The Bertz CT molecular complexity index is 378. The molecular weight excluding hydrogens is 185 g/mol. The molecule has 3 nitrogen and oxygen atoms in total. The number of fused-ring (bicyclic) bond motifs is 1. The molecule has 2 rings (SSSR count). The molecule has 0 aliphatic carbocycles. The molecule has 0 radical (unpaired) electrons. The van der Waals surface area contributed by atoms with E-state index in [-0.39, 0.29) is 5.82 Å². The number of carboxylic acids is 1. The largest absolute Gasteiger partial charge is 0.480 e. The van der Waals surface area contributed by atoms with Gasteiger partial charge in [-0.2, -0.15) is 0 Å². The van der Waals surface area contributed by atoms with E-state index in [9.17, 15) is 9.18 Å². The summed E-state index contributed by atoms with van der Waals surface area (Å²) in [5.41, 5.74) is 1.46. The minimum atomic E-state index is -0.919. The van der Waals surface area contributed by atoms with E-state index in [0.29, 0.717) is 18.5 Å². The Morgan fingerprint density at radius 1 is 1.57 bits per heavy atom. The van der Waals surface area contributed by atoms with Crippen LogP contribution in [0.2, 0.25) is 0 Å². The van der Waals surface area contributed by atoms with Crippen molar-refractivity contribution in [3.05, 3.63) is 35.1 Å². The fourth-order valence-electron chi connectivity index (χ4n) is 1.75. The summed E-state index contributed by atoms with van der Waals surface area (Å²) in [5, 5.41) is 11.8. The van der Waals surface area contributed by atoms with Gasteiger partial charge >= 0.3 is 5.97 Å². The topological polar surface area (TPSA) is 49.3 Å². The molecule has 2 N–H and O–H groups in total. The Morgan fingerprint density at radius 2 is 2.36 bits per heavy atom. The van der Waals surface area contributed by atoms with Crippen LogP contribution in [-0.4, -0.2) is 17.6 Å². The van der Waals surface area contributed by atoms with E-state index >= 15 is 0 Å². The van der Waals surface area contributed by atoms with Gasteiger partial charge < -0.3 is 10.4 Å². The number of hydrogen-bond acceptors (Lipinski definition) is 2. The van der Waals surface area contributed by atoms with E-state index < -0.39 is 12.0 Å². The van der Waals surface area contributed by atoms with Gasteiger partial charge in [0.05, 0.1) is 0 Å². The molecule has 74 valence electrons. The first-order valence-corrected chi connectivity index (χ1v) is 4.43. The maximum absolute atomic E-state index is 12.9. The highest BCUT2D eigenvalue weighted by Gasteiger charge is 2.25. The smallest absolute Gasteiger partial charge is 0.325 e. The first kappa shape index (κ1) is 9.15. The standard InChI is InChI=1S/C10H10FNO2/c11-7-1-2-8-6(5-7)3-4-12-9(8)10(13)14/h1-2,5,9,12H,3-4H2,(H,13,14)/t9-/m1/s1. The van der Waals surface area contributed by atoms with Crippen LogP contribution < -0.4 is 5.32 Å². The second kappa shape index (κ2) is 3.38. The van der Waals surface area contributed by atoms with E-state index in [4.69, 9.17) is 5.11 Å². The monoisotopic (exact) mass is 195 g/mol. The molecule has 1 aliphatic heterocycles. The van der Waals surface area contributed by atoms with Gasteiger partial charge in [-0.1, -0.05) is 6.07 Å². The van der Waals surface area contributed by atoms with Crippen LogP contribution in [0.25, 0.3) is 0 Å². The highest BCUT2D eigenvalue weighted by Crippen LogP contribution is 2.23. The zero-order valence-electron chi connectivity index (χ0n) is 7.46. The van der Waals surface area contributed by atoms with Gasteiger partial charge in [-0.15, -0.1) is 0 Å². The summed E-state index contributed by atoms with van der Waals surface area (Å²) in [4.78, 5) is 10.8. The van der Waals surface area contributed by atoms with Gasteiger partial charge in [-0.25, -0.2) is 4.39 Å². The first-order chi connectivity index (χ1) is 6.68. The molecule has 0 amide bonds. The molecule has 1 aromatic rings. The lowest BCUT2D eigenvalue weighted by Crippen LogP contribution is -2.35. The molecule has 0 saturated heterocycles. The van der Waals surface area contributed by atoms with Crippen LogP contribution in [0.3, 0.4) is 0 Å². The van der Waals surface area contributed by atoms with E-state index in [1.54, 1.807) is 0 Å². The number of carboxylic acid groups (broad SMARTS) is 1. The third kappa shape index (κ3) is 1.48. The molecule has 1 atom stereocenters. The van der Waals surface area contributed by atoms with Gasteiger partial charge in [0, 0.05) is 6.54 Å². The number of carbonyl (C=O) groups is 1. The van der Waals surface area contributed by atoms with Crippen LogP contribution in [0.4, 0.5) is 4.39 Å². The maximum atomic E-state index is 12.9. The minimum absolute atomic E-state index is 0.310. The molecule has 14 heavy (non-hydrogen) atoms. The number of benzene rings is 1. The van der Waals surface area contributed by atoms with Crippen molar-refractivity contribution < 1.29 is 14.3 Å². The van der Waals surface area contributed by atoms with Crippen LogP contribution in [0.15, 0.2) is 18.2 Å². The van der Waals surface area contributed by atoms with Crippen molar-refractivity contribution in [1.82, 2.24) is 5.32 Å². The van der Waals surface area contributed by atoms with Gasteiger partial charge in [0.1, 0.15) is 11.9 Å². The lowest BCUT2D eigenvalue weighted by Gasteiger charge is -2.23. The summed E-state index contributed by atoms with van der Waals surface area (Å²) < 4.78 is 12.9. The SMILES string of the molecule is O=C(O)[C@@H]1NCCc2cc(F)ccc21. The summed E-state index contributed by atoms with van der Waals surface area (Å²) >= 11 is 0. The summed E-state index contributed by atoms with van der Waals surface area (Å²) in [7, 11) is 0. The van der Waals surface area contributed by atoms with Crippen molar-refractivity contribution >= 4 is 5.97 Å².